The molecule has 1 aromatic heterocycles. The minimum atomic E-state index is -4.85. The van der Waals surface area contributed by atoms with E-state index in [1.807, 2.05) is 32.0 Å². The number of nitrogens with zero attached hydrogens (tertiary/aromatic N) is 3. The number of amides is 1. The molecule has 0 saturated heterocycles. The Balaban J connectivity index is 1.57. The maximum atomic E-state index is 13.4. The van der Waals surface area contributed by atoms with Gasteiger partial charge in [-0.1, -0.05) is 0 Å². The molecule has 1 fully saturated rings. The lowest BCUT2D eigenvalue weighted by atomic mass is 9.91. The number of halogens is 4. The molecule has 0 aliphatic heterocycles. The molecule has 1 amide bonds. The highest BCUT2D eigenvalue weighted by Crippen LogP contribution is 2.32. The van der Waals surface area contributed by atoms with Gasteiger partial charge in [-0.25, -0.2) is 14.4 Å². The lowest BCUT2D eigenvalue weighted by Crippen LogP contribution is -2.40. The predicted molar refractivity (Wildman–Crippen MR) is 110 cm³/mol. The molecule has 1 aliphatic carbocycles. The highest BCUT2D eigenvalue weighted by molar-refractivity contribution is 5.94. The van der Waals surface area contributed by atoms with Crippen molar-refractivity contribution in [3.8, 4) is 0 Å². The first-order chi connectivity index (χ1) is 14.5. The highest BCUT2D eigenvalue weighted by Gasteiger charge is 2.35. The second kappa shape index (κ2) is 9.07. The molecule has 2 aromatic rings. The lowest BCUT2D eigenvalue weighted by molar-refractivity contribution is -0.140. The van der Waals surface area contributed by atoms with Gasteiger partial charge in [0.2, 0.25) is 0 Å². The Morgan fingerprint density at radius 3 is 2.32 bits per heavy atom. The number of hydrogen-bond donors (Lipinski definition) is 2. The SMILES string of the molecule is Cc1nc(N[C@H]2CC[C@@H](NC(=O)c3ccc(F)c(C(F)(F)F)c3)CC2)cc(N(C)C)n1. The summed E-state index contributed by atoms with van der Waals surface area (Å²) in [5.41, 5.74) is -1.65. The molecule has 0 spiro atoms. The van der Waals surface area contributed by atoms with Crippen molar-refractivity contribution >= 4 is 17.5 Å². The second-order valence-electron chi connectivity index (χ2n) is 7.91. The molecule has 6 nitrogen and oxygen atoms in total. The Morgan fingerprint density at radius 1 is 1.06 bits per heavy atom. The van der Waals surface area contributed by atoms with Gasteiger partial charge < -0.3 is 15.5 Å². The normalized spacial score (nSPS) is 19.1. The number of aryl methyl sites for hydroxylation is 1. The average molecular weight is 439 g/mol. The van der Waals surface area contributed by atoms with Crippen LogP contribution in [0.15, 0.2) is 24.3 Å². The van der Waals surface area contributed by atoms with Gasteiger partial charge in [0, 0.05) is 37.8 Å². The molecule has 3 rings (SSSR count). The van der Waals surface area contributed by atoms with Gasteiger partial charge >= 0.3 is 6.18 Å². The molecular formula is C21H25F4N5O. The molecule has 0 unspecified atom stereocenters. The molecule has 0 radical (unpaired) electrons. The molecule has 1 saturated carbocycles. The van der Waals surface area contributed by atoms with Crippen molar-refractivity contribution in [2.24, 2.45) is 0 Å². The molecule has 10 heteroatoms. The first-order valence-corrected chi connectivity index (χ1v) is 10.00. The van der Waals surface area contributed by atoms with Crippen molar-refractivity contribution in [2.45, 2.75) is 50.9 Å². The molecule has 1 aliphatic rings. The lowest BCUT2D eigenvalue weighted by Gasteiger charge is -2.30. The van der Waals surface area contributed by atoms with Crippen LogP contribution in [0.4, 0.5) is 29.2 Å². The van der Waals surface area contributed by atoms with Crippen molar-refractivity contribution < 1.29 is 22.4 Å². The number of alkyl halides is 3. The fourth-order valence-corrected chi connectivity index (χ4v) is 3.60. The molecule has 1 heterocycles. The van der Waals surface area contributed by atoms with Crippen LogP contribution in [0.3, 0.4) is 0 Å². The topological polar surface area (TPSA) is 70.2 Å². The van der Waals surface area contributed by atoms with E-state index in [1.165, 1.54) is 0 Å². The van der Waals surface area contributed by atoms with Gasteiger partial charge in [-0.2, -0.15) is 13.2 Å². The zero-order valence-corrected chi connectivity index (χ0v) is 17.6. The number of carbonyl (C=O) groups is 1. The van der Waals surface area contributed by atoms with Crippen molar-refractivity contribution in [1.82, 2.24) is 15.3 Å². The molecular weight excluding hydrogens is 414 g/mol. The summed E-state index contributed by atoms with van der Waals surface area (Å²) in [6.07, 6.45) is -1.98. The monoisotopic (exact) mass is 439 g/mol. The summed E-state index contributed by atoms with van der Waals surface area (Å²) >= 11 is 0. The van der Waals surface area contributed by atoms with E-state index in [1.54, 1.807) is 0 Å². The second-order valence-corrected chi connectivity index (χ2v) is 7.91. The maximum Gasteiger partial charge on any atom is 0.419 e. The zero-order chi connectivity index (χ0) is 22.8. The molecule has 0 bridgehead atoms. The standard InChI is InChI=1S/C21H25F4N5O/c1-12-26-18(11-19(27-12)30(2)3)28-14-5-7-15(8-6-14)29-20(31)13-4-9-17(22)16(10-13)21(23,24)25/h4,9-11,14-15H,5-8H2,1-3H3,(H,29,31)(H,26,27,28)/t14-,15+. The van der Waals surface area contributed by atoms with Gasteiger partial charge in [0.15, 0.2) is 0 Å². The smallest absolute Gasteiger partial charge is 0.367 e. The van der Waals surface area contributed by atoms with Crippen molar-refractivity contribution in [2.75, 3.05) is 24.3 Å². The third kappa shape index (κ3) is 5.83. The van der Waals surface area contributed by atoms with Crippen molar-refractivity contribution in [3.63, 3.8) is 0 Å². The van der Waals surface area contributed by atoms with Gasteiger partial charge in [0.05, 0.1) is 5.56 Å². The number of rotatable bonds is 5. The number of carbonyl (C=O) groups excluding carboxylic acids is 1. The fraction of sp³-hybridized carbons (Fsp3) is 0.476. The molecule has 168 valence electrons. The summed E-state index contributed by atoms with van der Waals surface area (Å²) < 4.78 is 52.1. The van der Waals surface area contributed by atoms with Crippen LogP contribution in [0.2, 0.25) is 0 Å². The predicted octanol–water partition coefficient (Wildman–Crippen LogP) is 4.16. The van der Waals surface area contributed by atoms with Crippen LogP contribution in [0.5, 0.6) is 0 Å². The summed E-state index contributed by atoms with van der Waals surface area (Å²) in [7, 11) is 3.80. The van der Waals surface area contributed by atoms with E-state index in [0.29, 0.717) is 30.8 Å². The molecule has 2 N–H and O–H groups in total. The summed E-state index contributed by atoms with van der Waals surface area (Å²) in [4.78, 5) is 23.0. The summed E-state index contributed by atoms with van der Waals surface area (Å²) in [6, 6.07) is 4.16. The zero-order valence-electron chi connectivity index (χ0n) is 17.6. The highest BCUT2D eigenvalue weighted by atomic mass is 19.4. The van der Waals surface area contributed by atoms with Gasteiger partial charge in [0.1, 0.15) is 23.3 Å². The molecule has 0 atom stereocenters. The van der Waals surface area contributed by atoms with Crippen LogP contribution in [0, 0.1) is 12.7 Å². The van der Waals surface area contributed by atoms with Gasteiger partial charge in [-0.05, 0) is 50.8 Å². The van der Waals surface area contributed by atoms with Crippen LogP contribution in [-0.2, 0) is 6.18 Å². The Kier molecular flexibility index (Phi) is 6.66. The quantitative estimate of drug-likeness (QED) is 0.685. The number of benzene rings is 1. The Bertz CT molecular complexity index is 940. The Labute approximate surface area is 178 Å². The number of nitrogens with one attached hydrogen (secondary N) is 2. The third-order valence-corrected chi connectivity index (χ3v) is 5.23. The third-order valence-electron chi connectivity index (χ3n) is 5.23. The van der Waals surface area contributed by atoms with Crippen LogP contribution < -0.4 is 15.5 Å². The van der Waals surface area contributed by atoms with E-state index < -0.39 is 23.5 Å². The summed E-state index contributed by atoms with van der Waals surface area (Å²) in [6.45, 7) is 1.82. The van der Waals surface area contributed by atoms with E-state index in [4.69, 9.17) is 0 Å². The van der Waals surface area contributed by atoms with E-state index >= 15 is 0 Å². The summed E-state index contributed by atoms with van der Waals surface area (Å²) in [5, 5.41) is 6.16. The van der Waals surface area contributed by atoms with Crippen molar-refractivity contribution in [3.05, 3.63) is 47.0 Å². The van der Waals surface area contributed by atoms with Gasteiger partial charge in [-0.15, -0.1) is 0 Å². The maximum absolute atomic E-state index is 13.4. The van der Waals surface area contributed by atoms with Crippen LogP contribution >= 0.6 is 0 Å². The first-order valence-electron chi connectivity index (χ1n) is 10.00. The van der Waals surface area contributed by atoms with E-state index in [2.05, 4.69) is 20.6 Å². The van der Waals surface area contributed by atoms with Gasteiger partial charge in [-0.3, -0.25) is 4.79 Å². The Hall–Kier alpha value is -2.91. The largest absolute Gasteiger partial charge is 0.419 e. The first kappa shape index (κ1) is 22.8. The Morgan fingerprint density at radius 2 is 1.71 bits per heavy atom. The van der Waals surface area contributed by atoms with Crippen LogP contribution in [0.25, 0.3) is 0 Å². The van der Waals surface area contributed by atoms with E-state index in [9.17, 15) is 22.4 Å². The molecule has 1 aromatic carbocycles. The minimum Gasteiger partial charge on any atom is -0.367 e. The average Bonchev–Trinajstić information content (AvgIpc) is 2.68. The minimum absolute atomic E-state index is 0.158. The summed E-state index contributed by atoms with van der Waals surface area (Å²) in [5.74, 6) is 0.160. The van der Waals surface area contributed by atoms with Crippen LogP contribution in [-0.4, -0.2) is 42.1 Å². The number of hydrogen-bond acceptors (Lipinski definition) is 5. The number of aromatic nitrogens is 2. The van der Waals surface area contributed by atoms with Gasteiger partial charge in [0.25, 0.3) is 5.91 Å². The van der Waals surface area contributed by atoms with E-state index in [0.717, 1.165) is 30.5 Å². The number of anilines is 2. The van der Waals surface area contributed by atoms with Crippen molar-refractivity contribution in [1.29, 1.82) is 0 Å². The fourth-order valence-electron chi connectivity index (χ4n) is 3.60. The van der Waals surface area contributed by atoms with E-state index in [-0.39, 0.29) is 17.6 Å². The molecule has 31 heavy (non-hydrogen) atoms. The van der Waals surface area contributed by atoms with Crippen LogP contribution in [0.1, 0.15) is 47.4 Å².